The number of rotatable bonds is 5. The van der Waals surface area contributed by atoms with E-state index in [4.69, 9.17) is 10.4 Å². The average molecular weight is 318 g/mol. The Kier molecular flexibility index (Phi) is 2.88. The van der Waals surface area contributed by atoms with Gasteiger partial charge in [-0.2, -0.15) is 0 Å². The van der Waals surface area contributed by atoms with Gasteiger partial charge in [-0.1, -0.05) is 12.1 Å². The van der Waals surface area contributed by atoms with E-state index in [1.54, 1.807) is 0 Å². The molecule has 3 aliphatic carbocycles. The Morgan fingerprint density at radius 3 is 2.71 bits per heavy atom. The predicted molar refractivity (Wildman–Crippen MR) is 95.4 cm³/mol. The highest BCUT2D eigenvalue weighted by molar-refractivity contribution is 5.87. The highest BCUT2D eigenvalue weighted by Gasteiger charge is 2.62. The Morgan fingerprint density at radius 2 is 2.04 bits per heavy atom. The van der Waals surface area contributed by atoms with Gasteiger partial charge in [-0.25, -0.2) is 9.97 Å². The van der Waals surface area contributed by atoms with Gasteiger partial charge in [0.05, 0.1) is 0 Å². The van der Waals surface area contributed by atoms with E-state index >= 15 is 0 Å². The van der Waals surface area contributed by atoms with Crippen molar-refractivity contribution in [1.82, 2.24) is 9.97 Å². The number of benzene rings is 1. The van der Waals surface area contributed by atoms with Crippen LogP contribution in [0.2, 0.25) is 0 Å². The topological polar surface area (TPSA) is 61.7 Å². The standard InChI is InChI=1S/C20H22N4/c1-12-8-18(24-19(22-12)13-2-3-13)23-17-9-14(4-5-15(17)11-21)16-10-20(16)6-7-20/h4-5,8-9,11,13,16,21H,2-3,6-7,10H2,1H3,(H,22,23,24). The summed E-state index contributed by atoms with van der Waals surface area (Å²) >= 11 is 0. The lowest BCUT2D eigenvalue weighted by Crippen LogP contribution is -2.03. The van der Waals surface area contributed by atoms with Crippen molar-refractivity contribution < 1.29 is 0 Å². The lowest BCUT2D eigenvalue weighted by atomic mass is 10.0. The Balaban J connectivity index is 1.47. The third-order valence-corrected chi connectivity index (χ3v) is 5.79. The minimum Gasteiger partial charge on any atom is -0.340 e. The molecule has 2 aromatic rings. The number of anilines is 2. The molecule has 0 aliphatic heterocycles. The third kappa shape index (κ3) is 2.41. The van der Waals surface area contributed by atoms with Gasteiger partial charge >= 0.3 is 0 Å². The van der Waals surface area contributed by atoms with Crippen LogP contribution in [-0.4, -0.2) is 16.2 Å². The van der Waals surface area contributed by atoms with Gasteiger partial charge in [0.25, 0.3) is 0 Å². The van der Waals surface area contributed by atoms with Crippen molar-refractivity contribution in [3.63, 3.8) is 0 Å². The van der Waals surface area contributed by atoms with Crippen molar-refractivity contribution in [1.29, 1.82) is 5.41 Å². The van der Waals surface area contributed by atoms with Crippen molar-refractivity contribution in [3.8, 4) is 0 Å². The minimum atomic E-state index is 0.542. The number of hydrogen-bond acceptors (Lipinski definition) is 4. The molecule has 4 heteroatoms. The first kappa shape index (κ1) is 14.1. The quantitative estimate of drug-likeness (QED) is 0.787. The Labute approximate surface area is 142 Å². The summed E-state index contributed by atoms with van der Waals surface area (Å²) < 4.78 is 0. The lowest BCUT2D eigenvalue weighted by Gasteiger charge is -2.12. The van der Waals surface area contributed by atoms with Crippen LogP contribution in [0.15, 0.2) is 24.3 Å². The number of nitrogens with one attached hydrogen (secondary N) is 2. The third-order valence-electron chi connectivity index (χ3n) is 5.79. The highest BCUT2D eigenvalue weighted by atomic mass is 15.0. The van der Waals surface area contributed by atoms with Crippen LogP contribution in [-0.2, 0) is 0 Å². The Bertz CT molecular complexity index is 834. The molecule has 1 heterocycles. The molecule has 4 nitrogen and oxygen atoms in total. The molecular weight excluding hydrogens is 296 g/mol. The zero-order valence-electron chi connectivity index (χ0n) is 14.0. The summed E-state index contributed by atoms with van der Waals surface area (Å²) in [7, 11) is 0. The molecule has 1 unspecified atom stereocenters. The number of aromatic nitrogens is 2. The van der Waals surface area contributed by atoms with Crippen molar-refractivity contribution in [3.05, 3.63) is 46.9 Å². The molecule has 3 aliphatic rings. The fourth-order valence-electron chi connectivity index (χ4n) is 3.87. The largest absolute Gasteiger partial charge is 0.340 e. The first-order valence-corrected chi connectivity index (χ1v) is 8.94. The molecule has 122 valence electrons. The van der Waals surface area contributed by atoms with E-state index in [-0.39, 0.29) is 0 Å². The fraction of sp³-hybridized carbons (Fsp3) is 0.450. The molecule has 0 bridgehead atoms. The Morgan fingerprint density at radius 1 is 1.21 bits per heavy atom. The van der Waals surface area contributed by atoms with Gasteiger partial charge in [-0.15, -0.1) is 0 Å². The van der Waals surface area contributed by atoms with E-state index < -0.39 is 0 Å². The molecule has 24 heavy (non-hydrogen) atoms. The van der Waals surface area contributed by atoms with Crippen molar-refractivity contribution in [2.75, 3.05) is 5.32 Å². The SMILES string of the molecule is Cc1cc(Nc2cc(C3CC34CC4)ccc2C=N)nc(C2CC2)n1. The number of aryl methyl sites for hydroxylation is 1. The molecular formula is C20H22N4. The van der Waals surface area contributed by atoms with E-state index in [0.29, 0.717) is 11.3 Å². The average Bonchev–Trinajstić information content (AvgIpc) is 3.45. The summed E-state index contributed by atoms with van der Waals surface area (Å²) in [5.74, 6) is 3.08. The second kappa shape index (κ2) is 4.88. The molecule has 5 rings (SSSR count). The van der Waals surface area contributed by atoms with Gasteiger partial charge in [0.1, 0.15) is 11.6 Å². The van der Waals surface area contributed by atoms with Crippen LogP contribution in [0.4, 0.5) is 11.5 Å². The second-order valence-electron chi connectivity index (χ2n) is 7.76. The van der Waals surface area contributed by atoms with E-state index in [0.717, 1.165) is 34.5 Å². The smallest absolute Gasteiger partial charge is 0.134 e. The monoisotopic (exact) mass is 318 g/mol. The molecule has 1 aromatic heterocycles. The van der Waals surface area contributed by atoms with Crippen LogP contribution >= 0.6 is 0 Å². The van der Waals surface area contributed by atoms with Crippen LogP contribution in [0.25, 0.3) is 0 Å². The first-order chi connectivity index (χ1) is 11.7. The van der Waals surface area contributed by atoms with E-state index in [1.807, 2.05) is 13.0 Å². The molecule has 2 N–H and O–H groups in total. The summed E-state index contributed by atoms with van der Waals surface area (Å²) in [4.78, 5) is 9.27. The molecule has 0 amide bonds. The summed E-state index contributed by atoms with van der Waals surface area (Å²) in [6.07, 6.45) is 7.95. The lowest BCUT2D eigenvalue weighted by molar-refractivity contribution is 0.840. The van der Waals surface area contributed by atoms with Crippen LogP contribution in [0.1, 0.15) is 66.6 Å². The van der Waals surface area contributed by atoms with Crippen LogP contribution in [0, 0.1) is 17.7 Å². The van der Waals surface area contributed by atoms with Gasteiger partial charge < -0.3 is 10.7 Å². The van der Waals surface area contributed by atoms with E-state index in [1.165, 1.54) is 43.9 Å². The maximum atomic E-state index is 7.70. The minimum absolute atomic E-state index is 0.542. The second-order valence-corrected chi connectivity index (χ2v) is 7.76. The number of hydrogen-bond donors (Lipinski definition) is 2. The molecule has 1 spiro atoms. The van der Waals surface area contributed by atoms with Crippen molar-refractivity contribution >= 4 is 17.7 Å². The molecule has 0 saturated heterocycles. The molecule has 0 radical (unpaired) electrons. The fourth-order valence-corrected chi connectivity index (χ4v) is 3.87. The molecule has 3 fully saturated rings. The Hall–Kier alpha value is -2.23. The molecule has 3 saturated carbocycles. The number of nitrogens with zero attached hydrogens (tertiary/aromatic N) is 2. The molecule has 1 atom stereocenters. The van der Waals surface area contributed by atoms with Gasteiger partial charge in [0, 0.05) is 35.1 Å². The van der Waals surface area contributed by atoms with Gasteiger partial charge in [-0.05, 0) is 62.0 Å². The predicted octanol–water partition coefficient (Wildman–Crippen LogP) is 4.67. The van der Waals surface area contributed by atoms with Crippen LogP contribution in [0.5, 0.6) is 0 Å². The van der Waals surface area contributed by atoms with E-state index in [2.05, 4.69) is 28.5 Å². The normalized spacial score (nSPS) is 23.1. The first-order valence-electron chi connectivity index (χ1n) is 8.94. The maximum Gasteiger partial charge on any atom is 0.134 e. The zero-order chi connectivity index (χ0) is 16.3. The van der Waals surface area contributed by atoms with Crippen molar-refractivity contribution in [2.24, 2.45) is 5.41 Å². The van der Waals surface area contributed by atoms with Gasteiger partial charge in [-0.3, -0.25) is 0 Å². The van der Waals surface area contributed by atoms with Crippen LogP contribution in [0.3, 0.4) is 0 Å². The van der Waals surface area contributed by atoms with Crippen molar-refractivity contribution in [2.45, 2.75) is 50.9 Å². The van der Waals surface area contributed by atoms with Gasteiger partial charge in [0.15, 0.2) is 0 Å². The summed E-state index contributed by atoms with van der Waals surface area (Å²) in [5.41, 5.74) is 4.96. The van der Waals surface area contributed by atoms with Gasteiger partial charge in [0.2, 0.25) is 0 Å². The highest BCUT2D eigenvalue weighted by Crippen LogP contribution is 2.75. The van der Waals surface area contributed by atoms with Crippen LogP contribution < -0.4 is 5.32 Å². The summed E-state index contributed by atoms with van der Waals surface area (Å²) in [6.45, 7) is 2.02. The summed E-state index contributed by atoms with van der Waals surface area (Å²) in [6, 6.07) is 8.48. The zero-order valence-corrected chi connectivity index (χ0v) is 14.0. The maximum absolute atomic E-state index is 7.70. The van der Waals surface area contributed by atoms with E-state index in [9.17, 15) is 0 Å². The molecule has 1 aromatic carbocycles. The summed E-state index contributed by atoms with van der Waals surface area (Å²) in [5, 5.41) is 11.2.